The van der Waals surface area contributed by atoms with Crippen molar-refractivity contribution in [2.75, 3.05) is 13.1 Å². The van der Waals surface area contributed by atoms with E-state index in [9.17, 15) is 4.79 Å². The largest absolute Gasteiger partial charge is 0.369 e. The third-order valence-electron chi connectivity index (χ3n) is 3.76. The van der Waals surface area contributed by atoms with Gasteiger partial charge in [-0.3, -0.25) is 9.69 Å². The molecule has 2 N–H and O–H groups in total. The first kappa shape index (κ1) is 12.1. The minimum atomic E-state index is -0.142. The highest BCUT2D eigenvalue weighted by atomic mass is 16.1. The van der Waals surface area contributed by atoms with Crippen LogP contribution < -0.4 is 5.73 Å². The molecular formula is C14H20N2O. The first-order valence-corrected chi connectivity index (χ1v) is 6.27. The van der Waals surface area contributed by atoms with Gasteiger partial charge in [-0.05, 0) is 38.4 Å². The lowest BCUT2D eigenvalue weighted by Crippen LogP contribution is -2.39. The van der Waals surface area contributed by atoms with E-state index in [-0.39, 0.29) is 11.8 Å². The van der Waals surface area contributed by atoms with Crippen molar-refractivity contribution in [3.63, 3.8) is 0 Å². The summed E-state index contributed by atoms with van der Waals surface area (Å²) < 4.78 is 0. The average Bonchev–Trinajstić information content (AvgIpc) is 2.39. The van der Waals surface area contributed by atoms with E-state index in [1.165, 1.54) is 5.56 Å². The monoisotopic (exact) mass is 232 g/mol. The van der Waals surface area contributed by atoms with Crippen LogP contribution >= 0.6 is 0 Å². The molecule has 1 fully saturated rings. The minimum absolute atomic E-state index is 0.0780. The Balaban J connectivity index is 1.95. The van der Waals surface area contributed by atoms with E-state index in [0.717, 1.165) is 25.9 Å². The second-order valence-corrected chi connectivity index (χ2v) is 4.80. The summed E-state index contributed by atoms with van der Waals surface area (Å²) in [5.74, 6) is -0.0637. The quantitative estimate of drug-likeness (QED) is 0.865. The molecule has 0 saturated carbocycles. The van der Waals surface area contributed by atoms with Gasteiger partial charge in [0.1, 0.15) is 0 Å². The van der Waals surface area contributed by atoms with E-state index in [1.54, 1.807) is 0 Å². The maximum atomic E-state index is 11.1. The third-order valence-corrected chi connectivity index (χ3v) is 3.76. The van der Waals surface area contributed by atoms with Crippen LogP contribution in [0.3, 0.4) is 0 Å². The van der Waals surface area contributed by atoms with Gasteiger partial charge in [0.2, 0.25) is 5.91 Å². The number of carbonyl (C=O) groups is 1. The number of amides is 1. The van der Waals surface area contributed by atoms with Crippen molar-refractivity contribution in [2.24, 2.45) is 11.7 Å². The molecule has 1 heterocycles. The van der Waals surface area contributed by atoms with Crippen LogP contribution in [-0.4, -0.2) is 23.9 Å². The van der Waals surface area contributed by atoms with Gasteiger partial charge in [0.15, 0.2) is 0 Å². The Hall–Kier alpha value is -1.35. The SMILES string of the molecule is C[C@H](c1ccccc1)N1CCC(C(N)=O)CC1. The van der Waals surface area contributed by atoms with Crippen molar-refractivity contribution in [2.45, 2.75) is 25.8 Å². The summed E-state index contributed by atoms with van der Waals surface area (Å²) in [6, 6.07) is 10.9. The van der Waals surface area contributed by atoms with E-state index in [0.29, 0.717) is 6.04 Å². The first-order valence-electron chi connectivity index (χ1n) is 6.27. The molecule has 1 aliphatic heterocycles. The Morgan fingerprint density at radius 2 is 1.88 bits per heavy atom. The maximum absolute atomic E-state index is 11.1. The van der Waals surface area contributed by atoms with Gasteiger partial charge in [-0.25, -0.2) is 0 Å². The summed E-state index contributed by atoms with van der Waals surface area (Å²) in [6.45, 7) is 4.15. The molecular weight excluding hydrogens is 212 g/mol. The van der Waals surface area contributed by atoms with Crippen molar-refractivity contribution < 1.29 is 4.79 Å². The predicted molar refractivity (Wildman–Crippen MR) is 68.3 cm³/mol. The van der Waals surface area contributed by atoms with Crippen LogP contribution in [0.4, 0.5) is 0 Å². The van der Waals surface area contributed by atoms with Crippen molar-refractivity contribution in [1.29, 1.82) is 0 Å². The van der Waals surface area contributed by atoms with E-state index in [1.807, 2.05) is 6.07 Å². The molecule has 1 saturated heterocycles. The van der Waals surface area contributed by atoms with E-state index >= 15 is 0 Å². The average molecular weight is 232 g/mol. The summed E-state index contributed by atoms with van der Waals surface area (Å²) in [7, 11) is 0. The lowest BCUT2D eigenvalue weighted by Gasteiger charge is -2.35. The molecule has 0 radical (unpaired) electrons. The minimum Gasteiger partial charge on any atom is -0.369 e. The number of likely N-dealkylation sites (tertiary alicyclic amines) is 1. The number of nitrogens with zero attached hydrogens (tertiary/aromatic N) is 1. The van der Waals surface area contributed by atoms with E-state index in [2.05, 4.69) is 36.1 Å². The van der Waals surface area contributed by atoms with Gasteiger partial charge in [0.25, 0.3) is 0 Å². The van der Waals surface area contributed by atoms with Crippen LogP contribution in [0.15, 0.2) is 30.3 Å². The van der Waals surface area contributed by atoms with Crippen LogP contribution in [0.25, 0.3) is 0 Å². The summed E-state index contributed by atoms with van der Waals surface area (Å²) in [5.41, 5.74) is 6.68. The van der Waals surface area contributed by atoms with Gasteiger partial charge in [-0.2, -0.15) is 0 Å². The zero-order valence-electron chi connectivity index (χ0n) is 10.3. The molecule has 1 aliphatic rings. The summed E-state index contributed by atoms with van der Waals surface area (Å²) >= 11 is 0. The van der Waals surface area contributed by atoms with Crippen molar-refractivity contribution in [3.8, 4) is 0 Å². The Morgan fingerprint density at radius 1 is 1.29 bits per heavy atom. The Morgan fingerprint density at radius 3 is 2.41 bits per heavy atom. The smallest absolute Gasteiger partial charge is 0.220 e. The Bertz CT molecular complexity index is 369. The second kappa shape index (κ2) is 5.32. The zero-order chi connectivity index (χ0) is 12.3. The lowest BCUT2D eigenvalue weighted by atomic mass is 9.94. The van der Waals surface area contributed by atoms with Crippen molar-refractivity contribution >= 4 is 5.91 Å². The highest BCUT2D eigenvalue weighted by Crippen LogP contribution is 2.26. The molecule has 1 aromatic rings. The maximum Gasteiger partial charge on any atom is 0.220 e. The van der Waals surface area contributed by atoms with Crippen LogP contribution in [-0.2, 0) is 4.79 Å². The fourth-order valence-electron chi connectivity index (χ4n) is 2.51. The molecule has 92 valence electrons. The highest BCUT2D eigenvalue weighted by Gasteiger charge is 2.25. The fourth-order valence-corrected chi connectivity index (χ4v) is 2.51. The molecule has 0 aromatic heterocycles. The van der Waals surface area contributed by atoms with Gasteiger partial charge < -0.3 is 5.73 Å². The number of benzene rings is 1. The van der Waals surface area contributed by atoms with E-state index in [4.69, 9.17) is 5.73 Å². The number of rotatable bonds is 3. The van der Waals surface area contributed by atoms with Crippen LogP contribution in [0, 0.1) is 5.92 Å². The standard InChI is InChI=1S/C14H20N2O/c1-11(12-5-3-2-4-6-12)16-9-7-13(8-10-16)14(15)17/h2-6,11,13H,7-10H2,1H3,(H2,15,17)/t11-/m1/s1. The number of hydrogen-bond acceptors (Lipinski definition) is 2. The molecule has 0 aliphatic carbocycles. The molecule has 0 unspecified atom stereocenters. The summed E-state index contributed by atoms with van der Waals surface area (Å²) in [6.07, 6.45) is 1.79. The molecule has 1 atom stereocenters. The summed E-state index contributed by atoms with van der Waals surface area (Å²) in [4.78, 5) is 13.5. The van der Waals surface area contributed by atoms with Crippen molar-refractivity contribution in [3.05, 3.63) is 35.9 Å². The molecule has 1 amide bonds. The third kappa shape index (κ3) is 2.86. The Labute approximate surface area is 103 Å². The Kier molecular flexibility index (Phi) is 3.79. The second-order valence-electron chi connectivity index (χ2n) is 4.80. The van der Waals surface area contributed by atoms with E-state index < -0.39 is 0 Å². The highest BCUT2D eigenvalue weighted by molar-refractivity contribution is 5.76. The first-order chi connectivity index (χ1) is 8.18. The van der Waals surface area contributed by atoms with Crippen LogP contribution in [0.1, 0.15) is 31.4 Å². The number of hydrogen-bond donors (Lipinski definition) is 1. The number of nitrogens with two attached hydrogens (primary N) is 1. The fraction of sp³-hybridized carbons (Fsp3) is 0.500. The molecule has 2 rings (SSSR count). The van der Waals surface area contributed by atoms with Crippen molar-refractivity contribution in [1.82, 2.24) is 4.90 Å². The van der Waals surface area contributed by atoms with Crippen LogP contribution in [0.5, 0.6) is 0 Å². The lowest BCUT2D eigenvalue weighted by molar-refractivity contribution is -0.123. The van der Waals surface area contributed by atoms with Crippen LogP contribution in [0.2, 0.25) is 0 Å². The number of carbonyl (C=O) groups excluding carboxylic acids is 1. The molecule has 1 aromatic carbocycles. The zero-order valence-corrected chi connectivity index (χ0v) is 10.3. The normalized spacial score (nSPS) is 20.1. The topological polar surface area (TPSA) is 46.3 Å². The summed E-state index contributed by atoms with van der Waals surface area (Å²) in [5, 5.41) is 0. The number of primary amides is 1. The van der Waals surface area contributed by atoms with Gasteiger partial charge in [-0.15, -0.1) is 0 Å². The van der Waals surface area contributed by atoms with Gasteiger partial charge in [0, 0.05) is 12.0 Å². The molecule has 0 spiro atoms. The molecule has 3 heteroatoms. The molecule has 17 heavy (non-hydrogen) atoms. The van der Waals surface area contributed by atoms with Gasteiger partial charge in [0.05, 0.1) is 0 Å². The van der Waals surface area contributed by atoms with Gasteiger partial charge >= 0.3 is 0 Å². The number of piperidine rings is 1. The molecule has 3 nitrogen and oxygen atoms in total. The predicted octanol–water partition coefficient (Wildman–Crippen LogP) is 1.94. The molecule has 0 bridgehead atoms. The van der Waals surface area contributed by atoms with Gasteiger partial charge in [-0.1, -0.05) is 30.3 Å².